The molecule has 2 rings (SSSR count). The van der Waals surface area contributed by atoms with Crippen molar-refractivity contribution in [2.24, 2.45) is 5.41 Å². The van der Waals surface area contributed by atoms with Gasteiger partial charge in [0.25, 0.3) is 11.6 Å². The zero-order chi connectivity index (χ0) is 15.5. The van der Waals surface area contributed by atoms with E-state index in [4.69, 9.17) is 0 Å². The molecule has 0 bridgehead atoms. The molecule has 0 radical (unpaired) electrons. The van der Waals surface area contributed by atoms with E-state index in [1.54, 1.807) is 13.0 Å². The van der Waals surface area contributed by atoms with Gasteiger partial charge in [-0.2, -0.15) is 0 Å². The Hall–Kier alpha value is -1.66. The molecule has 0 spiro atoms. The topological polar surface area (TPSA) is 84.3 Å². The predicted octanol–water partition coefficient (Wildman–Crippen LogP) is 2.44. The first-order valence-electron chi connectivity index (χ1n) is 7.15. The minimum Gasteiger partial charge on any atom is -0.351 e. The van der Waals surface area contributed by atoms with E-state index in [1.807, 2.05) is 0 Å². The molecule has 1 aliphatic rings. The van der Waals surface area contributed by atoms with Gasteiger partial charge in [-0.1, -0.05) is 6.92 Å². The van der Waals surface area contributed by atoms with Gasteiger partial charge >= 0.3 is 0 Å². The summed E-state index contributed by atoms with van der Waals surface area (Å²) >= 11 is 0. The van der Waals surface area contributed by atoms with Crippen LogP contribution in [-0.2, 0) is 0 Å². The van der Waals surface area contributed by atoms with Crippen molar-refractivity contribution < 1.29 is 9.72 Å². The summed E-state index contributed by atoms with van der Waals surface area (Å²) in [5.41, 5.74) is 1.13. The van der Waals surface area contributed by atoms with Crippen LogP contribution in [0.4, 0.5) is 5.69 Å². The maximum absolute atomic E-state index is 12.2. The molecule has 0 saturated carbocycles. The molecule has 1 aliphatic heterocycles. The Balaban J connectivity index is 0.00000242. The normalized spacial score (nSPS) is 16.5. The number of nitro benzene ring substituents is 1. The second kappa shape index (κ2) is 7.56. The van der Waals surface area contributed by atoms with E-state index >= 15 is 0 Å². The Kier molecular flexibility index (Phi) is 6.32. The Morgan fingerprint density at radius 3 is 2.59 bits per heavy atom. The summed E-state index contributed by atoms with van der Waals surface area (Å²) in [4.78, 5) is 22.5. The van der Waals surface area contributed by atoms with Crippen molar-refractivity contribution in [2.45, 2.75) is 26.7 Å². The molecule has 1 saturated heterocycles. The van der Waals surface area contributed by atoms with Crippen molar-refractivity contribution in [3.05, 3.63) is 39.4 Å². The van der Waals surface area contributed by atoms with Gasteiger partial charge in [-0.25, -0.2) is 0 Å². The number of nitro groups is 1. The van der Waals surface area contributed by atoms with Crippen LogP contribution in [0, 0.1) is 22.5 Å². The average Bonchev–Trinajstić information content (AvgIpc) is 2.45. The van der Waals surface area contributed by atoms with E-state index in [-0.39, 0.29) is 29.4 Å². The number of amides is 1. The van der Waals surface area contributed by atoms with Crippen LogP contribution in [-0.4, -0.2) is 30.5 Å². The number of hydrogen-bond donors (Lipinski definition) is 2. The van der Waals surface area contributed by atoms with Crippen molar-refractivity contribution >= 4 is 24.0 Å². The molecule has 1 amide bonds. The van der Waals surface area contributed by atoms with Crippen molar-refractivity contribution in [1.82, 2.24) is 10.6 Å². The first kappa shape index (κ1) is 18.4. The fourth-order valence-electron chi connectivity index (χ4n) is 2.60. The van der Waals surface area contributed by atoms with Crippen LogP contribution >= 0.6 is 12.4 Å². The lowest BCUT2D eigenvalue weighted by molar-refractivity contribution is -0.385. The minimum absolute atomic E-state index is 0. The number of nitrogens with zero attached hydrogens (tertiary/aromatic N) is 1. The molecule has 6 nitrogen and oxygen atoms in total. The highest BCUT2D eigenvalue weighted by molar-refractivity contribution is 5.94. The highest BCUT2D eigenvalue weighted by atomic mass is 35.5. The second-order valence-electron chi connectivity index (χ2n) is 6.00. The number of hydrogen-bond acceptors (Lipinski definition) is 4. The Morgan fingerprint density at radius 1 is 1.41 bits per heavy atom. The monoisotopic (exact) mass is 327 g/mol. The van der Waals surface area contributed by atoms with Gasteiger partial charge in [-0.05, 0) is 50.4 Å². The number of carbonyl (C=O) groups excluding carboxylic acids is 1. The maximum Gasteiger partial charge on any atom is 0.272 e. The molecule has 2 N–H and O–H groups in total. The lowest BCUT2D eigenvalue weighted by Crippen LogP contribution is -2.42. The molecule has 1 aromatic rings. The first-order valence-corrected chi connectivity index (χ1v) is 7.15. The first-order chi connectivity index (χ1) is 9.91. The van der Waals surface area contributed by atoms with Crippen LogP contribution < -0.4 is 10.6 Å². The van der Waals surface area contributed by atoms with Crippen LogP contribution in [0.15, 0.2) is 18.2 Å². The van der Waals surface area contributed by atoms with Crippen molar-refractivity contribution in [1.29, 1.82) is 0 Å². The molecule has 0 atom stereocenters. The molecule has 1 aromatic carbocycles. The summed E-state index contributed by atoms with van der Waals surface area (Å²) in [7, 11) is 0. The molecule has 0 unspecified atom stereocenters. The molecule has 0 aromatic heterocycles. The lowest BCUT2D eigenvalue weighted by atomic mass is 9.81. The zero-order valence-electron chi connectivity index (χ0n) is 12.8. The summed E-state index contributed by atoms with van der Waals surface area (Å²) in [5.74, 6) is -0.173. The fourth-order valence-corrected chi connectivity index (χ4v) is 2.60. The highest BCUT2D eigenvalue weighted by Crippen LogP contribution is 2.27. The largest absolute Gasteiger partial charge is 0.351 e. The standard InChI is InChI=1S/C15H21N3O3.ClH/c1-11-9-12(3-4-13(11)18(20)21)14(19)17-10-15(2)5-7-16-8-6-15;/h3-4,9,16H,5-8,10H2,1-2H3,(H,17,19);1H. The van der Waals surface area contributed by atoms with Crippen LogP contribution in [0.3, 0.4) is 0 Å². The van der Waals surface area contributed by atoms with Gasteiger partial charge in [0.15, 0.2) is 0 Å². The number of aryl methyl sites for hydroxylation is 1. The molecule has 1 heterocycles. The highest BCUT2D eigenvalue weighted by Gasteiger charge is 2.27. The van der Waals surface area contributed by atoms with E-state index in [1.165, 1.54) is 12.1 Å². The second-order valence-corrected chi connectivity index (χ2v) is 6.00. The molecule has 1 fully saturated rings. The zero-order valence-corrected chi connectivity index (χ0v) is 13.7. The lowest BCUT2D eigenvalue weighted by Gasteiger charge is -2.34. The minimum atomic E-state index is -0.437. The summed E-state index contributed by atoms with van der Waals surface area (Å²) < 4.78 is 0. The van der Waals surface area contributed by atoms with Crippen LogP contribution in [0.2, 0.25) is 0 Å². The molecule has 0 aliphatic carbocycles. The third kappa shape index (κ3) is 4.42. The predicted molar refractivity (Wildman–Crippen MR) is 87.6 cm³/mol. The van der Waals surface area contributed by atoms with Crippen molar-refractivity contribution in [2.75, 3.05) is 19.6 Å². The summed E-state index contributed by atoms with van der Waals surface area (Å²) in [6.07, 6.45) is 2.07. The van der Waals surface area contributed by atoms with Crippen LogP contribution in [0.1, 0.15) is 35.7 Å². The molecular formula is C15H22ClN3O3. The quantitative estimate of drug-likeness (QED) is 0.657. The van der Waals surface area contributed by atoms with Gasteiger partial charge in [0.2, 0.25) is 0 Å². The number of piperidine rings is 1. The van der Waals surface area contributed by atoms with E-state index < -0.39 is 4.92 Å². The smallest absolute Gasteiger partial charge is 0.272 e. The van der Waals surface area contributed by atoms with E-state index in [2.05, 4.69) is 17.6 Å². The number of nitrogens with one attached hydrogen (secondary N) is 2. The Bertz CT molecular complexity index is 557. The molecule has 7 heteroatoms. The average molecular weight is 328 g/mol. The molecule has 22 heavy (non-hydrogen) atoms. The SMILES string of the molecule is Cc1cc(C(=O)NCC2(C)CCNCC2)ccc1[N+](=O)[O-].Cl. The molecular weight excluding hydrogens is 306 g/mol. The number of rotatable bonds is 4. The van der Waals surface area contributed by atoms with Gasteiger partial charge in [-0.15, -0.1) is 12.4 Å². The summed E-state index contributed by atoms with van der Waals surface area (Å²) in [6, 6.07) is 4.46. The fraction of sp³-hybridized carbons (Fsp3) is 0.533. The Morgan fingerprint density at radius 2 is 2.05 bits per heavy atom. The Labute approximate surface area is 136 Å². The third-order valence-electron chi connectivity index (χ3n) is 4.14. The van der Waals surface area contributed by atoms with E-state index in [0.29, 0.717) is 17.7 Å². The number of carbonyl (C=O) groups is 1. The van der Waals surface area contributed by atoms with Gasteiger partial charge in [0.1, 0.15) is 0 Å². The summed E-state index contributed by atoms with van der Waals surface area (Å²) in [5, 5.41) is 17.0. The maximum atomic E-state index is 12.2. The van der Waals surface area contributed by atoms with Gasteiger partial charge in [0, 0.05) is 23.7 Å². The van der Waals surface area contributed by atoms with Gasteiger partial charge in [0.05, 0.1) is 4.92 Å². The molecule has 122 valence electrons. The van der Waals surface area contributed by atoms with Crippen LogP contribution in [0.25, 0.3) is 0 Å². The van der Waals surface area contributed by atoms with Crippen LogP contribution in [0.5, 0.6) is 0 Å². The number of benzene rings is 1. The van der Waals surface area contributed by atoms with Crippen molar-refractivity contribution in [3.8, 4) is 0 Å². The van der Waals surface area contributed by atoms with E-state index in [0.717, 1.165) is 25.9 Å². The van der Waals surface area contributed by atoms with Gasteiger partial charge < -0.3 is 10.6 Å². The summed E-state index contributed by atoms with van der Waals surface area (Å²) in [6.45, 7) is 6.40. The number of halogens is 1. The van der Waals surface area contributed by atoms with E-state index in [9.17, 15) is 14.9 Å². The van der Waals surface area contributed by atoms with Crippen molar-refractivity contribution in [3.63, 3.8) is 0 Å². The van der Waals surface area contributed by atoms with Gasteiger partial charge in [-0.3, -0.25) is 14.9 Å². The third-order valence-corrected chi connectivity index (χ3v) is 4.14.